The van der Waals surface area contributed by atoms with Crippen molar-refractivity contribution in [3.05, 3.63) is 42.4 Å². The number of fused-ring (bicyclic) bond motifs is 1. The monoisotopic (exact) mass is 288 g/mol. The Morgan fingerprint density at radius 3 is 3.05 bits per heavy atom. The lowest BCUT2D eigenvalue weighted by Crippen LogP contribution is -2.37. The normalized spacial score (nSPS) is 18.6. The predicted molar refractivity (Wildman–Crippen MR) is 77.7 cm³/mol. The van der Waals surface area contributed by atoms with Gasteiger partial charge in [0.25, 0.3) is 5.91 Å². The first kappa shape index (κ1) is 13.9. The fraction of sp³-hybridized carbons (Fsp3) is 0.467. The molecule has 112 valence electrons. The molecule has 1 atom stereocenters. The van der Waals surface area contributed by atoms with E-state index < -0.39 is 0 Å². The van der Waals surface area contributed by atoms with E-state index in [9.17, 15) is 4.79 Å². The molecule has 6 nitrogen and oxygen atoms in total. The van der Waals surface area contributed by atoms with Gasteiger partial charge in [-0.3, -0.25) is 4.79 Å². The Balaban J connectivity index is 1.84. The molecule has 0 saturated heterocycles. The average molecular weight is 288 g/mol. The highest BCUT2D eigenvalue weighted by molar-refractivity contribution is 5.91. The fourth-order valence-electron chi connectivity index (χ4n) is 2.88. The first-order valence-corrected chi connectivity index (χ1v) is 7.11. The van der Waals surface area contributed by atoms with Gasteiger partial charge in [0.05, 0.1) is 12.8 Å². The van der Waals surface area contributed by atoms with Crippen molar-refractivity contribution >= 4 is 5.91 Å². The number of imidazole rings is 1. The molecule has 0 saturated carbocycles. The Kier molecular flexibility index (Phi) is 3.79. The molecular weight excluding hydrogens is 268 g/mol. The first-order chi connectivity index (χ1) is 10.1. The third-order valence-corrected chi connectivity index (χ3v) is 3.71. The third kappa shape index (κ3) is 3.00. The van der Waals surface area contributed by atoms with Crippen LogP contribution in [0.4, 0.5) is 0 Å². The zero-order valence-corrected chi connectivity index (χ0v) is 12.4. The summed E-state index contributed by atoms with van der Waals surface area (Å²) in [6.07, 6.45) is 5.31. The van der Waals surface area contributed by atoms with Crippen molar-refractivity contribution in [1.29, 1.82) is 0 Å². The molecule has 0 N–H and O–H groups in total. The molecule has 3 heterocycles. The van der Waals surface area contributed by atoms with Gasteiger partial charge in [-0.15, -0.1) is 0 Å². The van der Waals surface area contributed by atoms with Crippen molar-refractivity contribution < 1.29 is 9.21 Å². The van der Waals surface area contributed by atoms with Crippen LogP contribution >= 0.6 is 0 Å². The van der Waals surface area contributed by atoms with Gasteiger partial charge in [-0.2, -0.15) is 0 Å². The highest BCUT2D eigenvalue weighted by Gasteiger charge is 2.27. The van der Waals surface area contributed by atoms with E-state index in [0.717, 1.165) is 18.9 Å². The Morgan fingerprint density at radius 2 is 2.33 bits per heavy atom. The number of furan rings is 1. The van der Waals surface area contributed by atoms with Crippen molar-refractivity contribution in [2.75, 3.05) is 27.2 Å². The number of hydrogen-bond acceptors (Lipinski definition) is 4. The third-order valence-electron chi connectivity index (χ3n) is 3.71. The lowest BCUT2D eigenvalue weighted by molar-refractivity contribution is 0.0678. The van der Waals surface area contributed by atoms with Gasteiger partial charge in [0.1, 0.15) is 5.82 Å². The van der Waals surface area contributed by atoms with Gasteiger partial charge in [0.15, 0.2) is 5.76 Å². The van der Waals surface area contributed by atoms with E-state index in [-0.39, 0.29) is 5.91 Å². The highest BCUT2D eigenvalue weighted by Crippen LogP contribution is 2.18. The van der Waals surface area contributed by atoms with E-state index in [0.29, 0.717) is 24.8 Å². The second-order valence-electron chi connectivity index (χ2n) is 5.79. The van der Waals surface area contributed by atoms with Gasteiger partial charge < -0.3 is 18.8 Å². The molecule has 1 aliphatic heterocycles. The van der Waals surface area contributed by atoms with Gasteiger partial charge in [-0.05, 0) is 26.2 Å². The summed E-state index contributed by atoms with van der Waals surface area (Å²) in [5, 5.41) is 0. The van der Waals surface area contributed by atoms with Crippen LogP contribution in [0.15, 0.2) is 35.2 Å². The van der Waals surface area contributed by atoms with Crippen LogP contribution in [0.5, 0.6) is 0 Å². The minimum Gasteiger partial charge on any atom is -0.459 e. The number of aromatic nitrogens is 2. The summed E-state index contributed by atoms with van der Waals surface area (Å²) in [6, 6.07) is 3.45. The Hall–Kier alpha value is -2.08. The Morgan fingerprint density at radius 1 is 1.48 bits per heavy atom. The zero-order valence-electron chi connectivity index (χ0n) is 12.4. The van der Waals surface area contributed by atoms with E-state index in [2.05, 4.69) is 28.5 Å². The number of amides is 1. The van der Waals surface area contributed by atoms with E-state index in [1.54, 1.807) is 18.3 Å². The maximum Gasteiger partial charge on any atom is 0.289 e. The standard InChI is InChI=1S/C15H20N4O2/c1-17(2)8-12-9-18-6-5-16-14(18)11-19(10-12)15(20)13-4-3-7-21-13/h3-7,12H,8-11H2,1-2H3/t12-/m0/s1. The summed E-state index contributed by atoms with van der Waals surface area (Å²) in [6.45, 7) is 3.05. The van der Waals surface area contributed by atoms with E-state index >= 15 is 0 Å². The lowest BCUT2D eigenvalue weighted by Gasteiger charge is -2.25. The summed E-state index contributed by atoms with van der Waals surface area (Å²) < 4.78 is 7.39. The first-order valence-electron chi connectivity index (χ1n) is 7.11. The van der Waals surface area contributed by atoms with E-state index in [4.69, 9.17) is 4.42 Å². The molecule has 0 spiro atoms. The smallest absolute Gasteiger partial charge is 0.289 e. The molecule has 0 bridgehead atoms. The quantitative estimate of drug-likeness (QED) is 0.854. The summed E-state index contributed by atoms with van der Waals surface area (Å²) in [5.74, 6) is 1.62. The van der Waals surface area contributed by atoms with Crippen LogP contribution in [0.25, 0.3) is 0 Å². The molecule has 0 radical (unpaired) electrons. The van der Waals surface area contributed by atoms with Crippen LogP contribution in [0.1, 0.15) is 16.4 Å². The highest BCUT2D eigenvalue weighted by atomic mass is 16.3. The van der Waals surface area contributed by atoms with E-state index in [1.807, 2.05) is 11.1 Å². The molecule has 1 aliphatic rings. The molecule has 0 aromatic carbocycles. The lowest BCUT2D eigenvalue weighted by atomic mass is 10.1. The van der Waals surface area contributed by atoms with Gasteiger partial charge in [-0.25, -0.2) is 4.98 Å². The van der Waals surface area contributed by atoms with Gasteiger partial charge in [0.2, 0.25) is 0 Å². The minimum atomic E-state index is -0.0693. The molecule has 2 aromatic heterocycles. The van der Waals surface area contributed by atoms with Gasteiger partial charge in [0, 0.05) is 37.9 Å². The van der Waals surface area contributed by atoms with E-state index in [1.165, 1.54) is 6.26 Å². The van der Waals surface area contributed by atoms with Crippen LogP contribution in [0.2, 0.25) is 0 Å². The topological polar surface area (TPSA) is 54.5 Å². The van der Waals surface area contributed by atoms with Crippen LogP contribution < -0.4 is 0 Å². The van der Waals surface area contributed by atoms with Gasteiger partial charge >= 0.3 is 0 Å². The maximum absolute atomic E-state index is 12.6. The van der Waals surface area contributed by atoms with Crippen LogP contribution in [0.3, 0.4) is 0 Å². The summed E-state index contributed by atoms with van der Waals surface area (Å²) in [4.78, 5) is 20.9. The van der Waals surface area contributed by atoms with Crippen LogP contribution in [-0.4, -0.2) is 52.4 Å². The zero-order chi connectivity index (χ0) is 14.8. The fourth-order valence-corrected chi connectivity index (χ4v) is 2.88. The molecule has 0 aliphatic carbocycles. The summed E-state index contributed by atoms with van der Waals surface area (Å²) in [7, 11) is 4.11. The maximum atomic E-state index is 12.6. The second-order valence-corrected chi connectivity index (χ2v) is 5.79. The summed E-state index contributed by atoms with van der Waals surface area (Å²) in [5.41, 5.74) is 0. The Bertz CT molecular complexity index is 603. The molecule has 6 heteroatoms. The number of hydrogen-bond donors (Lipinski definition) is 0. The van der Waals surface area contributed by atoms with Crippen LogP contribution in [-0.2, 0) is 13.1 Å². The van der Waals surface area contributed by atoms with Crippen molar-refractivity contribution in [3.63, 3.8) is 0 Å². The van der Waals surface area contributed by atoms with Crippen molar-refractivity contribution in [2.24, 2.45) is 5.92 Å². The molecule has 3 rings (SSSR count). The van der Waals surface area contributed by atoms with Crippen LogP contribution in [0, 0.1) is 5.92 Å². The largest absolute Gasteiger partial charge is 0.459 e. The SMILES string of the molecule is CN(C)C[C@@H]1CN(C(=O)c2ccco2)Cc2nccn2C1. The number of nitrogens with zero attached hydrogens (tertiary/aromatic N) is 4. The molecule has 0 unspecified atom stereocenters. The van der Waals surface area contributed by atoms with Crippen molar-refractivity contribution in [1.82, 2.24) is 19.4 Å². The molecule has 21 heavy (non-hydrogen) atoms. The summed E-state index contributed by atoms with van der Waals surface area (Å²) >= 11 is 0. The van der Waals surface area contributed by atoms with Gasteiger partial charge in [-0.1, -0.05) is 0 Å². The second kappa shape index (κ2) is 5.73. The number of carbonyl (C=O) groups is 1. The Labute approximate surface area is 124 Å². The number of rotatable bonds is 3. The molecule has 2 aromatic rings. The van der Waals surface area contributed by atoms with Crippen molar-refractivity contribution in [2.45, 2.75) is 13.1 Å². The average Bonchev–Trinajstić information content (AvgIpc) is 3.06. The molecule has 0 fully saturated rings. The predicted octanol–water partition coefficient (Wildman–Crippen LogP) is 1.31. The minimum absolute atomic E-state index is 0.0693. The molecule has 1 amide bonds. The number of carbonyl (C=O) groups excluding carboxylic acids is 1. The molecular formula is C15H20N4O2. The van der Waals surface area contributed by atoms with Crippen molar-refractivity contribution in [3.8, 4) is 0 Å².